The van der Waals surface area contributed by atoms with E-state index in [0.29, 0.717) is 5.92 Å². The van der Waals surface area contributed by atoms with Crippen LogP contribution in [0.4, 0.5) is 0 Å². The van der Waals surface area contributed by atoms with Crippen molar-refractivity contribution in [2.75, 3.05) is 6.54 Å². The zero-order valence-electron chi connectivity index (χ0n) is 10.8. The van der Waals surface area contributed by atoms with Gasteiger partial charge in [-0.15, -0.1) is 0 Å². The highest BCUT2D eigenvalue weighted by Crippen LogP contribution is 2.27. The van der Waals surface area contributed by atoms with Gasteiger partial charge in [-0.1, -0.05) is 25.8 Å². The lowest BCUT2D eigenvalue weighted by Gasteiger charge is -2.26. The van der Waals surface area contributed by atoms with Gasteiger partial charge in [-0.2, -0.15) is 0 Å². The lowest BCUT2D eigenvalue weighted by atomic mass is 9.82. The van der Waals surface area contributed by atoms with Gasteiger partial charge in [0.25, 0.3) is 5.91 Å². The molecule has 1 fully saturated rings. The molecule has 2 rings (SSSR count). The van der Waals surface area contributed by atoms with Gasteiger partial charge >= 0.3 is 0 Å². The molecule has 2 atom stereocenters. The van der Waals surface area contributed by atoms with E-state index in [1.54, 1.807) is 0 Å². The van der Waals surface area contributed by atoms with E-state index < -0.39 is 0 Å². The highest BCUT2D eigenvalue weighted by Gasteiger charge is 2.19. The molecule has 3 heteroatoms. The molecule has 0 aliphatic heterocycles. The Bertz CT molecular complexity index is 419. The Morgan fingerprint density at radius 1 is 1.44 bits per heavy atom. The molecule has 1 aromatic rings. The average Bonchev–Trinajstić information content (AvgIpc) is 2.36. The summed E-state index contributed by atoms with van der Waals surface area (Å²) < 4.78 is 1.10. The van der Waals surface area contributed by atoms with E-state index in [9.17, 15) is 4.79 Å². The predicted molar refractivity (Wildman–Crippen MR) is 82.6 cm³/mol. The van der Waals surface area contributed by atoms with Crippen LogP contribution in [0.2, 0.25) is 0 Å². The van der Waals surface area contributed by atoms with Crippen LogP contribution in [0.5, 0.6) is 0 Å². The maximum Gasteiger partial charge on any atom is 0.251 e. The number of nitrogens with one attached hydrogen (secondary N) is 1. The van der Waals surface area contributed by atoms with Gasteiger partial charge in [-0.3, -0.25) is 4.79 Å². The van der Waals surface area contributed by atoms with Crippen LogP contribution in [0.3, 0.4) is 0 Å². The fourth-order valence-corrected chi connectivity index (χ4v) is 3.26. The molecule has 1 amide bonds. The Balaban J connectivity index is 1.84. The normalized spacial score (nSPS) is 23.7. The van der Waals surface area contributed by atoms with Crippen LogP contribution >= 0.6 is 22.6 Å². The molecule has 0 radical (unpaired) electrons. The standard InChI is InChI=1S/C15H20INO/c1-11-4-2-5-12(8-11)10-17-15(18)13-6-3-7-14(16)9-13/h3,6-7,9,11-12H,2,4-5,8,10H2,1H3,(H,17,18). The second-order valence-electron chi connectivity index (χ2n) is 5.36. The summed E-state index contributed by atoms with van der Waals surface area (Å²) in [6.45, 7) is 3.14. The monoisotopic (exact) mass is 357 g/mol. The van der Waals surface area contributed by atoms with Gasteiger partial charge in [0.1, 0.15) is 0 Å². The van der Waals surface area contributed by atoms with E-state index in [4.69, 9.17) is 0 Å². The smallest absolute Gasteiger partial charge is 0.251 e. The maximum atomic E-state index is 12.0. The molecule has 1 N–H and O–H groups in total. The summed E-state index contributed by atoms with van der Waals surface area (Å²) in [6.07, 6.45) is 5.18. The molecule has 2 unspecified atom stereocenters. The van der Waals surface area contributed by atoms with Crippen molar-refractivity contribution in [1.82, 2.24) is 5.32 Å². The zero-order valence-corrected chi connectivity index (χ0v) is 12.9. The summed E-state index contributed by atoms with van der Waals surface area (Å²) in [5, 5.41) is 3.07. The zero-order chi connectivity index (χ0) is 13.0. The van der Waals surface area contributed by atoms with Crippen molar-refractivity contribution in [3.8, 4) is 0 Å². The minimum atomic E-state index is 0.0618. The molecule has 1 aromatic carbocycles. The minimum Gasteiger partial charge on any atom is -0.352 e. The Hall–Kier alpha value is -0.580. The number of carbonyl (C=O) groups excluding carboxylic acids is 1. The molecular formula is C15H20INO. The van der Waals surface area contributed by atoms with Gasteiger partial charge < -0.3 is 5.32 Å². The lowest BCUT2D eigenvalue weighted by molar-refractivity contribution is 0.0940. The number of amides is 1. The number of hydrogen-bond donors (Lipinski definition) is 1. The van der Waals surface area contributed by atoms with E-state index in [0.717, 1.165) is 21.6 Å². The first-order valence-electron chi connectivity index (χ1n) is 6.69. The molecule has 98 valence electrons. The van der Waals surface area contributed by atoms with Gasteiger partial charge in [-0.25, -0.2) is 0 Å². The molecule has 1 saturated carbocycles. The average molecular weight is 357 g/mol. The first-order valence-corrected chi connectivity index (χ1v) is 7.77. The second kappa shape index (κ2) is 6.55. The molecule has 0 saturated heterocycles. The van der Waals surface area contributed by atoms with E-state index >= 15 is 0 Å². The van der Waals surface area contributed by atoms with Crippen molar-refractivity contribution >= 4 is 28.5 Å². The van der Waals surface area contributed by atoms with Crippen molar-refractivity contribution in [3.05, 3.63) is 33.4 Å². The topological polar surface area (TPSA) is 29.1 Å². The number of hydrogen-bond acceptors (Lipinski definition) is 1. The largest absolute Gasteiger partial charge is 0.352 e. The molecule has 0 heterocycles. The second-order valence-corrected chi connectivity index (χ2v) is 6.60. The van der Waals surface area contributed by atoms with Gasteiger partial charge in [0.2, 0.25) is 0 Å². The lowest BCUT2D eigenvalue weighted by Crippen LogP contribution is -2.31. The third-order valence-corrected chi connectivity index (χ3v) is 4.35. The van der Waals surface area contributed by atoms with Crippen molar-refractivity contribution in [2.45, 2.75) is 32.6 Å². The van der Waals surface area contributed by atoms with Crippen LogP contribution in [0, 0.1) is 15.4 Å². The van der Waals surface area contributed by atoms with E-state index in [-0.39, 0.29) is 5.91 Å². The number of halogens is 1. The summed E-state index contributed by atoms with van der Waals surface area (Å²) >= 11 is 2.23. The molecule has 1 aliphatic carbocycles. The Morgan fingerprint density at radius 2 is 2.28 bits per heavy atom. The third kappa shape index (κ3) is 3.97. The van der Waals surface area contributed by atoms with E-state index in [2.05, 4.69) is 34.8 Å². The quantitative estimate of drug-likeness (QED) is 0.819. The van der Waals surface area contributed by atoms with Crippen LogP contribution in [0.25, 0.3) is 0 Å². The van der Waals surface area contributed by atoms with Crippen molar-refractivity contribution in [1.29, 1.82) is 0 Å². The summed E-state index contributed by atoms with van der Waals surface area (Å²) in [4.78, 5) is 12.0. The van der Waals surface area contributed by atoms with Crippen molar-refractivity contribution < 1.29 is 4.79 Å². The summed E-state index contributed by atoms with van der Waals surface area (Å²) in [5.41, 5.74) is 0.769. The summed E-state index contributed by atoms with van der Waals surface area (Å²) in [7, 11) is 0. The maximum absolute atomic E-state index is 12.0. The van der Waals surface area contributed by atoms with Crippen LogP contribution in [0.15, 0.2) is 24.3 Å². The van der Waals surface area contributed by atoms with E-state index in [1.165, 1.54) is 25.7 Å². The Kier molecular flexibility index (Phi) is 5.03. The van der Waals surface area contributed by atoms with Crippen LogP contribution in [-0.2, 0) is 0 Å². The van der Waals surface area contributed by atoms with Crippen molar-refractivity contribution in [2.24, 2.45) is 11.8 Å². The molecule has 0 spiro atoms. The van der Waals surface area contributed by atoms with Crippen LogP contribution < -0.4 is 5.32 Å². The predicted octanol–water partition coefficient (Wildman–Crippen LogP) is 3.85. The van der Waals surface area contributed by atoms with Gasteiger partial charge in [0.05, 0.1) is 0 Å². The molecule has 2 nitrogen and oxygen atoms in total. The number of benzene rings is 1. The molecular weight excluding hydrogens is 337 g/mol. The molecule has 0 aromatic heterocycles. The number of rotatable bonds is 3. The summed E-state index contributed by atoms with van der Waals surface area (Å²) in [6, 6.07) is 7.74. The Morgan fingerprint density at radius 3 is 3.00 bits per heavy atom. The minimum absolute atomic E-state index is 0.0618. The van der Waals surface area contributed by atoms with E-state index in [1.807, 2.05) is 24.3 Å². The highest BCUT2D eigenvalue weighted by atomic mass is 127. The molecule has 1 aliphatic rings. The molecule has 0 bridgehead atoms. The number of carbonyl (C=O) groups is 1. The highest BCUT2D eigenvalue weighted by molar-refractivity contribution is 14.1. The first-order chi connectivity index (χ1) is 8.65. The summed E-state index contributed by atoms with van der Waals surface area (Å²) in [5.74, 6) is 1.55. The first kappa shape index (κ1) is 13.8. The van der Waals surface area contributed by atoms with Gasteiger partial charge in [0, 0.05) is 15.7 Å². The fraction of sp³-hybridized carbons (Fsp3) is 0.533. The van der Waals surface area contributed by atoms with Gasteiger partial charge in [-0.05, 0) is 65.5 Å². The van der Waals surface area contributed by atoms with Gasteiger partial charge in [0.15, 0.2) is 0 Å². The Labute approximate surface area is 123 Å². The molecule has 18 heavy (non-hydrogen) atoms. The van der Waals surface area contributed by atoms with Crippen molar-refractivity contribution in [3.63, 3.8) is 0 Å². The fourth-order valence-electron chi connectivity index (χ4n) is 2.71. The van der Waals surface area contributed by atoms with Crippen LogP contribution in [0.1, 0.15) is 43.0 Å². The third-order valence-electron chi connectivity index (χ3n) is 3.68. The SMILES string of the molecule is CC1CCCC(CNC(=O)c2cccc(I)c2)C1. The van der Waals surface area contributed by atoms with Crippen LogP contribution in [-0.4, -0.2) is 12.5 Å².